The van der Waals surface area contributed by atoms with E-state index in [1.807, 2.05) is 0 Å². The summed E-state index contributed by atoms with van der Waals surface area (Å²) in [5.41, 5.74) is 1.84. The van der Waals surface area contributed by atoms with E-state index in [4.69, 9.17) is 4.74 Å². The van der Waals surface area contributed by atoms with Crippen molar-refractivity contribution in [3.05, 3.63) is 94.8 Å². The van der Waals surface area contributed by atoms with Gasteiger partial charge in [0.2, 0.25) is 0 Å². The number of carbonyl (C=O) groups excluding carboxylic acids is 4. The average molecular weight is 400 g/mol. The minimum atomic E-state index is -0.666. The third-order valence-electron chi connectivity index (χ3n) is 4.77. The average Bonchev–Trinajstić information content (AvgIpc) is 2.99. The summed E-state index contributed by atoms with van der Waals surface area (Å²) in [6.45, 7) is 1.57. The van der Waals surface area contributed by atoms with Crippen molar-refractivity contribution in [3.8, 4) is 5.75 Å². The molecule has 0 spiro atoms. The second-order valence-electron chi connectivity index (χ2n) is 6.78. The number of carbonyl (C=O) groups is 4. The van der Waals surface area contributed by atoms with Crippen molar-refractivity contribution in [2.75, 3.05) is 0 Å². The van der Waals surface area contributed by atoms with E-state index in [1.54, 1.807) is 36.7 Å². The standard InChI is InChI=1S/C23H16N2O5/c1-14(26)16-2-5-18(6-3-16)30-23(29)17-4-7-19-20(12-17)22(28)25(21(19)27)13-15-8-10-24-11-9-15/h2-12H,13H2,1H3. The van der Waals surface area contributed by atoms with E-state index in [9.17, 15) is 19.2 Å². The molecule has 0 radical (unpaired) electrons. The van der Waals surface area contributed by atoms with Crippen LogP contribution in [0.1, 0.15) is 53.9 Å². The van der Waals surface area contributed by atoms with Crippen LogP contribution >= 0.6 is 0 Å². The van der Waals surface area contributed by atoms with Gasteiger partial charge in [-0.25, -0.2) is 4.79 Å². The van der Waals surface area contributed by atoms with Crippen LogP contribution in [0, 0.1) is 0 Å². The van der Waals surface area contributed by atoms with E-state index < -0.39 is 17.8 Å². The topological polar surface area (TPSA) is 93.6 Å². The number of esters is 1. The largest absolute Gasteiger partial charge is 0.423 e. The smallest absolute Gasteiger partial charge is 0.343 e. The molecule has 3 aromatic rings. The molecule has 2 heterocycles. The highest BCUT2D eigenvalue weighted by atomic mass is 16.5. The maximum Gasteiger partial charge on any atom is 0.343 e. The molecule has 7 nitrogen and oxygen atoms in total. The number of ether oxygens (including phenoxy) is 1. The number of rotatable bonds is 5. The summed E-state index contributed by atoms with van der Waals surface area (Å²) >= 11 is 0. The Kier molecular flexibility index (Phi) is 4.93. The van der Waals surface area contributed by atoms with Gasteiger partial charge >= 0.3 is 5.97 Å². The first kappa shape index (κ1) is 19.2. The Bertz CT molecular complexity index is 1170. The highest BCUT2D eigenvalue weighted by molar-refractivity contribution is 6.21. The van der Waals surface area contributed by atoms with Crippen molar-refractivity contribution in [1.82, 2.24) is 9.88 Å². The third kappa shape index (κ3) is 3.60. The number of aromatic nitrogens is 1. The molecule has 1 aromatic heterocycles. The summed E-state index contributed by atoms with van der Waals surface area (Å²) in [5, 5.41) is 0. The Labute approximate surface area is 171 Å². The Morgan fingerprint density at radius 3 is 2.17 bits per heavy atom. The highest BCUT2D eigenvalue weighted by Crippen LogP contribution is 2.26. The van der Waals surface area contributed by atoms with Gasteiger partial charge in [0.15, 0.2) is 5.78 Å². The monoisotopic (exact) mass is 400 g/mol. The molecule has 30 heavy (non-hydrogen) atoms. The Morgan fingerprint density at radius 2 is 1.50 bits per heavy atom. The number of ketones is 1. The predicted molar refractivity (Wildman–Crippen MR) is 106 cm³/mol. The molecule has 1 aliphatic rings. The highest BCUT2D eigenvalue weighted by Gasteiger charge is 2.36. The Hall–Kier alpha value is -4.13. The van der Waals surface area contributed by atoms with E-state index in [-0.39, 0.29) is 34.8 Å². The maximum absolute atomic E-state index is 12.8. The minimum absolute atomic E-state index is 0.0917. The summed E-state index contributed by atoms with van der Waals surface area (Å²) in [5.74, 6) is -1.36. The lowest BCUT2D eigenvalue weighted by molar-refractivity contribution is 0.0641. The number of imide groups is 1. The number of fused-ring (bicyclic) bond motifs is 1. The fourth-order valence-electron chi connectivity index (χ4n) is 3.16. The summed E-state index contributed by atoms with van der Waals surface area (Å²) < 4.78 is 5.31. The molecule has 2 amide bonds. The molecule has 0 saturated carbocycles. The maximum atomic E-state index is 12.8. The van der Waals surface area contributed by atoms with Crippen LogP contribution in [-0.4, -0.2) is 33.5 Å². The lowest BCUT2D eigenvalue weighted by Gasteiger charge is -2.13. The first-order valence-electron chi connectivity index (χ1n) is 9.16. The summed E-state index contributed by atoms with van der Waals surface area (Å²) in [6, 6.07) is 13.9. The predicted octanol–water partition coefficient (Wildman–Crippen LogP) is 3.30. The first-order valence-corrected chi connectivity index (χ1v) is 9.16. The van der Waals surface area contributed by atoms with Gasteiger partial charge in [0.25, 0.3) is 11.8 Å². The SMILES string of the molecule is CC(=O)c1ccc(OC(=O)c2ccc3c(c2)C(=O)N(Cc2ccncc2)C3=O)cc1. The molecule has 0 bridgehead atoms. The number of benzene rings is 2. The van der Waals surface area contributed by atoms with Crippen molar-refractivity contribution in [2.45, 2.75) is 13.5 Å². The Morgan fingerprint density at radius 1 is 0.867 bits per heavy atom. The van der Waals surface area contributed by atoms with Crippen LogP contribution in [0.15, 0.2) is 67.0 Å². The van der Waals surface area contributed by atoms with Gasteiger partial charge in [-0.05, 0) is 67.1 Å². The number of hydrogen-bond donors (Lipinski definition) is 0. The van der Waals surface area contributed by atoms with Gasteiger partial charge in [-0.15, -0.1) is 0 Å². The van der Waals surface area contributed by atoms with Crippen LogP contribution in [0.4, 0.5) is 0 Å². The summed E-state index contributed by atoms with van der Waals surface area (Å²) in [7, 11) is 0. The van der Waals surface area contributed by atoms with E-state index in [0.717, 1.165) is 10.5 Å². The number of Topliss-reactive ketones (excluding diaryl/α,β-unsaturated/α-hetero) is 1. The molecule has 1 aliphatic heterocycles. The third-order valence-corrected chi connectivity index (χ3v) is 4.77. The van der Waals surface area contributed by atoms with Crippen LogP contribution in [0.3, 0.4) is 0 Å². The Balaban J connectivity index is 1.53. The molecular formula is C23H16N2O5. The van der Waals surface area contributed by atoms with E-state index in [0.29, 0.717) is 5.56 Å². The molecule has 148 valence electrons. The van der Waals surface area contributed by atoms with Gasteiger partial charge in [0.05, 0.1) is 23.2 Å². The van der Waals surface area contributed by atoms with Crippen molar-refractivity contribution >= 4 is 23.6 Å². The zero-order valence-corrected chi connectivity index (χ0v) is 16.0. The quantitative estimate of drug-likeness (QED) is 0.282. The molecule has 0 fully saturated rings. The molecule has 0 atom stereocenters. The lowest BCUT2D eigenvalue weighted by atomic mass is 10.1. The van der Waals surface area contributed by atoms with Crippen LogP contribution in [0.25, 0.3) is 0 Å². The number of pyridine rings is 1. The van der Waals surface area contributed by atoms with Crippen LogP contribution in [-0.2, 0) is 6.54 Å². The van der Waals surface area contributed by atoms with Crippen molar-refractivity contribution in [3.63, 3.8) is 0 Å². The molecule has 0 N–H and O–H groups in total. The van der Waals surface area contributed by atoms with Gasteiger partial charge in [0, 0.05) is 18.0 Å². The number of hydrogen-bond acceptors (Lipinski definition) is 6. The fourth-order valence-corrected chi connectivity index (χ4v) is 3.16. The van der Waals surface area contributed by atoms with Gasteiger partial charge in [-0.1, -0.05) is 0 Å². The zero-order valence-electron chi connectivity index (χ0n) is 16.0. The first-order chi connectivity index (χ1) is 14.4. The second kappa shape index (κ2) is 7.71. The molecule has 2 aromatic carbocycles. The molecule has 4 rings (SSSR count). The summed E-state index contributed by atoms with van der Waals surface area (Å²) in [6.07, 6.45) is 3.18. The zero-order chi connectivity index (χ0) is 21.3. The lowest BCUT2D eigenvalue weighted by Crippen LogP contribution is -2.29. The summed E-state index contributed by atoms with van der Waals surface area (Å²) in [4.78, 5) is 54.2. The molecule has 0 aliphatic carbocycles. The van der Waals surface area contributed by atoms with E-state index in [2.05, 4.69) is 4.98 Å². The fraction of sp³-hybridized carbons (Fsp3) is 0.0870. The molecular weight excluding hydrogens is 384 g/mol. The van der Waals surface area contributed by atoms with E-state index in [1.165, 1.54) is 37.3 Å². The van der Waals surface area contributed by atoms with Gasteiger partial charge in [0.1, 0.15) is 5.75 Å². The van der Waals surface area contributed by atoms with E-state index >= 15 is 0 Å². The second-order valence-corrected chi connectivity index (χ2v) is 6.78. The van der Waals surface area contributed by atoms with Gasteiger partial charge < -0.3 is 4.74 Å². The van der Waals surface area contributed by atoms with Crippen LogP contribution < -0.4 is 4.74 Å². The van der Waals surface area contributed by atoms with Crippen molar-refractivity contribution in [2.24, 2.45) is 0 Å². The number of nitrogens with zero attached hydrogens (tertiary/aromatic N) is 2. The molecule has 0 saturated heterocycles. The van der Waals surface area contributed by atoms with Gasteiger partial charge in [-0.3, -0.25) is 24.3 Å². The van der Waals surface area contributed by atoms with Crippen LogP contribution in [0.5, 0.6) is 5.75 Å². The van der Waals surface area contributed by atoms with Gasteiger partial charge in [-0.2, -0.15) is 0 Å². The number of amides is 2. The normalized spacial score (nSPS) is 12.6. The van der Waals surface area contributed by atoms with Crippen molar-refractivity contribution in [1.29, 1.82) is 0 Å². The minimum Gasteiger partial charge on any atom is -0.423 e. The van der Waals surface area contributed by atoms with Crippen LogP contribution in [0.2, 0.25) is 0 Å². The van der Waals surface area contributed by atoms with Crippen molar-refractivity contribution < 1.29 is 23.9 Å². The molecule has 0 unspecified atom stereocenters. The molecule has 7 heteroatoms.